The first-order valence-corrected chi connectivity index (χ1v) is 6.45. The molecule has 84 valence electrons. The lowest BCUT2D eigenvalue weighted by molar-refractivity contribution is 0.265. The monoisotopic (exact) mass is 221 g/mol. The summed E-state index contributed by atoms with van der Waals surface area (Å²) >= 11 is 0. The number of aliphatic hydroxyl groups excluding tert-OH is 1. The molecule has 0 aromatic rings. The van der Waals surface area contributed by atoms with Gasteiger partial charge in [0.2, 0.25) is 10.0 Å². The van der Waals surface area contributed by atoms with E-state index >= 15 is 0 Å². The molecule has 1 aliphatic rings. The minimum atomic E-state index is -3.31. The highest BCUT2D eigenvalue weighted by Crippen LogP contribution is 2.32. The molecule has 1 unspecified atom stereocenters. The summed E-state index contributed by atoms with van der Waals surface area (Å²) in [5, 5.41) is 8.20. The first kappa shape index (κ1) is 11.9. The SMILES string of the molecule is CC(CO)S(=O)(=O)N1CCCC1(C)C. The second kappa shape index (κ2) is 3.79. The number of hydrogen-bond donors (Lipinski definition) is 1. The Morgan fingerprint density at radius 1 is 1.50 bits per heavy atom. The molecule has 4 nitrogen and oxygen atoms in total. The predicted octanol–water partition coefficient (Wildman–Crippen LogP) is 0.571. The number of nitrogens with zero attached hydrogens (tertiary/aromatic N) is 1. The summed E-state index contributed by atoms with van der Waals surface area (Å²) in [7, 11) is -3.31. The van der Waals surface area contributed by atoms with E-state index in [0.29, 0.717) is 6.54 Å². The lowest BCUT2D eigenvalue weighted by Crippen LogP contribution is -2.47. The van der Waals surface area contributed by atoms with Crippen molar-refractivity contribution in [3.63, 3.8) is 0 Å². The number of hydrogen-bond acceptors (Lipinski definition) is 3. The minimum Gasteiger partial charge on any atom is -0.395 e. The van der Waals surface area contributed by atoms with Crippen molar-refractivity contribution in [1.82, 2.24) is 4.31 Å². The fourth-order valence-corrected chi connectivity index (χ4v) is 3.65. The van der Waals surface area contributed by atoms with E-state index in [9.17, 15) is 8.42 Å². The maximum atomic E-state index is 11.9. The van der Waals surface area contributed by atoms with Gasteiger partial charge in [-0.2, -0.15) is 4.31 Å². The van der Waals surface area contributed by atoms with Gasteiger partial charge in [-0.05, 0) is 33.6 Å². The highest BCUT2D eigenvalue weighted by molar-refractivity contribution is 7.89. The van der Waals surface area contributed by atoms with Gasteiger partial charge in [-0.3, -0.25) is 0 Å². The molecule has 0 bridgehead atoms. The van der Waals surface area contributed by atoms with Gasteiger partial charge in [0.1, 0.15) is 0 Å². The molecule has 1 rings (SSSR count). The van der Waals surface area contributed by atoms with Crippen molar-refractivity contribution in [3.8, 4) is 0 Å². The van der Waals surface area contributed by atoms with Gasteiger partial charge in [-0.1, -0.05) is 0 Å². The third kappa shape index (κ3) is 1.94. The summed E-state index contributed by atoms with van der Waals surface area (Å²) in [6, 6.07) is 0. The first-order valence-electron chi connectivity index (χ1n) is 4.95. The second-order valence-electron chi connectivity index (χ2n) is 4.53. The molecule has 5 heteroatoms. The minimum absolute atomic E-state index is 0.289. The molecule has 14 heavy (non-hydrogen) atoms. The Kier molecular flexibility index (Phi) is 3.23. The molecule has 0 aromatic heterocycles. The summed E-state index contributed by atoms with van der Waals surface area (Å²) in [6.45, 7) is 5.68. The average Bonchev–Trinajstić information content (AvgIpc) is 2.44. The predicted molar refractivity (Wildman–Crippen MR) is 55.5 cm³/mol. The first-order chi connectivity index (χ1) is 6.32. The topological polar surface area (TPSA) is 57.6 Å². The van der Waals surface area contributed by atoms with Gasteiger partial charge < -0.3 is 5.11 Å². The smallest absolute Gasteiger partial charge is 0.219 e. The van der Waals surface area contributed by atoms with Crippen LogP contribution >= 0.6 is 0 Å². The molecular formula is C9H19NO3S. The fraction of sp³-hybridized carbons (Fsp3) is 1.00. The van der Waals surface area contributed by atoms with E-state index in [-0.39, 0.29) is 12.1 Å². The van der Waals surface area contributed by atoms with E-state index in [0.717, 1.165) is 12.8 Å². The molecule has 1 saturated heterocycles. The molecule has 0 aliphatic carbocycles. The number of aliphatic hydroxyl groups is 1. The molecule has 0 saturated carbocycles. The third-order valence-corrected chi connectivity index (χ3v) is 5.35. The largest absolute Gasteiger partial charge is 0.395 e. The van der Waals surface area contributed by atoms with Crippen molar-refractivity contribution in [2.45, 2.75) is 44.4 Å². The Bertz CT molecular complexity index is 297. The van der Waals surface area contributed by atoms with Crippen LogP contribution in [0.2, 0.25) is 0 Å². The molecule has 1 aliphatic heterocycles. The van der Waals surface area contributed by atoms with Crippen molar-refractivity contribution in [3.05, 3.63) is 0 Å². The Labute approximate surface area is 86.0 Å². The van der Waals surface area contributed by atoms with Crippen LogP contribution in [0.3, 0.4) is 0 Å². The summed E-state index contributed by atoms with van der Waals surface area (Å²) in [4.78, 5) is 0. The zero-order valence-corrected chi connectivity index (χ0v) is 9.84. The van der Waals surface area contributed by atoms with Crippen LogP contribution < -0.4 is 0 Å². The normalized spacial score (nSPS) is 25.1. The van der Waals surface area contributed by atoms with E-state index in [1.165, 1.54) is 4.31 Å². The quantitative estimate of drug-likeness (QED) is 0.758. The van der Waals surface area contributed by atoms with Crippen molar-refractivity contribution in [2.75, 3.05) is 13.2 Å². The zero-order chi connectivity index (χ0) is 11.0. The molecule has 0 radical (unpaired) electrons. The Balaban J connectivity index is 2.94. The Morgan fingerprint density at radius 2 is 2.07 bits per heavy atom. The number of rotatable bonds is 3. The van der Waals surface area contributed by atoms with E-state index in [2.05, 4.69) is 0 Å². The number of sulfonamides is 1. The lowest BCUT2D eigenvalue weighted by atomic mass is 10.0. The Morgan fingerprint density at radius 3 is 2.43 bits per heavy atom. The molecule has 0 amide bonds. The molecule has 1 heterocycles. The van der Waals surface area contributed by atoms with Gasteiger partial charge in [0.25, 0.3) is 0 Å². The van der Waals surface area contributed by atoms with Crippen LogP contribution in [-0.4, -0.2) is 41.8 Å². The van der Waals surface area contributed by atoms with E-state index < -0.39 is 15.3 Å². The van der Waals surface area contributed by atoms with Crippen LogP contribution in [0, 0.1) is 0 Å². The van der Waals surface area contributed by atoms with Gasteiger partial charge >= 0.3 is 0 Å². The average molecular weight is 221 g/mol. The van der Waals surface area contributed by atoms with E-state index in [1.54, 1.807) is 6.92 Å². The van der Waals surface area contributed by atoms with Gasteiger partial charge in [0, 0.05) is 12.1 Å². The third-order valence-electron chi connectivity index (χ3n) is 2.90. The van der Waals surface area contributed by atoms with E-state index in [1.807, 2.05) is 13.8 Å². The summed E-state index contributed by atoms with van der Waals surface area (Å²) in [5.41, 5.74) is -0.289. The lowest BCUT2D eigenvalue weighted by Gasteiger charge is -2.32. The maximum Gasteiger partial charge on any atom is 0.219 e. The highest BCUT2D eigenvalue weighted by Gasteiger charge is 2.42. The molecule has 0 aromatic carbocycles. The van der Waals surface area contributed by atoms with Gasteiger partial charge in [0.05, 0.1) is 11.9 Å². The van der Waals surface area contributed by atoms with Gasteiger partial charge in [-0.15, -0.1) is 0 Å². The molecular weight excluding hydrogens is 202 g/mol. The van der Waals surface area contributed by atoms with Crippen molar-refractivity contribution in [1.29, 1.82) is 0 Å². The van der Waals surface area contributed by atoms with Crippen molar-refractivity contribution >= 4 is 10.0 Å². The highest BCUT2D eigenvalue weighted by atomic mass is 32.2. The van der Waals surface area contributed by atoms with Crippen LogP contribution in [-0.2, 0) is 10.0 Å². The van der Waals surface area contributed by atoms with Gasteiger partial charge in [0.15, 0.2) is 0 Å². The molecule has 1 atom stereocenters. The molecule has 1 fully saturated rings. The van der Waals surface area contributed by atoms with Crippen LogP contribution in [0.1, 0.15) is 33.6 Å². The summed E-state index contributed by atoms with van der Waals surface area (Å²) in [6.07, 6.45) is 1.80. The summed E-state index contributed by atoms with van der Waals surface area (Å²) in [5.74, 6) is 0. The van der Waals surface area contributed by atoms with Crippen molar-refractivity contribution < 1.29 is 13.5 Å². The maximum absolute atomic E-state index is 11.9. The molecule has 1 N–H and O–H groups in total. The summed E-state index contributed by atoms with van der Waals surface area (Å²) < 4.78 is 25.4. The second-order valence-corrected chi connectivity index (χ2v) is 6.80. The fourth-order valence-electron chi connectivity index (χ4n) is 1.87. The van der Waals surface area contributed by atoms with Gasteiger partial charge in [-0.25, -0.2) is 8.42 Å². The van der Waals surface area contributed by atoms with Crippen LogP contribution in [0.25, 0.3) is 0 Å². The Hall–Kier alpha value is -0.130. The van der Waals surface area contributed by atoms with E-state index in [4.69, 9.17) is 5.11 Å². The van der Waals surface area contributed by atoms with Crippen LogP contribution in [0.5, 0.6) is 0 Å². The zero-order valence-electron chi connectivity index (χ0n) is 9.02. The van der Waals surface area contributed by atoms with Crippen LogP contribution in [0.4, 0.5) is 0 Å². The standard InChI is InChI=1S/C9H19NO3S/c1-8(7-11)14(12,13)10-6-4-5-9(10,2)3/h8,11H,4-7H2,1-3H3. The van der Waals surface area contributed by atoms with Crippen molar-refractivity contribution in [2.24, 2.45) is 0 Å². The van der Waals surface area contributed by atoms with Crippen LogP contribution in [0.15, 0.2) is 0 Å². The molecule has 0 spiro atoms.